The van der Waals surface area contributed by atoms with Gasteiger partial charge in [-0.2, -0.15) is 0 Å². The SMILES string of the molecule is CCCn1cnc(NC(=O)c2ccc(CN3CCCC3C)cc2)n1. The molecule has 1 unspecified atom stereocenters. The van der Waals surface area contributed by atoms with E-state index in [1.54, 1.807) is 11.0 Å². The summed E-state index contributed by atoms with van der Waals surface area (Å²) in [5, 5.41) is 6.97. The number of rotatable bonds is 6. The molecule has 1 fully saturated rings. The Hall–Kier alpha value is -2.21. The molecule has 2 heterocycles. The maximum absolute atomic E-state index is 12.3. The first-order valence-electron chi connectivity index (χ1n) is 8.69. The van der Waals surface area contributed by atoms with Gasteiger partial charge < -0.3 is 0 Å². The molecule has 1 N–H and O–H groups in total. The van der Waals surface area contributed by atoms with Crippen molar-refractivity contribution in [1.82, 2.24) is 19.7 Å². The molecular weight excluding hydrogens is 302 g/mol. The lowest BCUT2D eigenvalue weighted by molar-refractivity contribution is 0.102. The fourth-order valence-corrected chi connectivity index (χ4v) is 3.09. The van der Waals surface area contributed by atoms with Crippen LogP contribution in [-0.2, 0) is 13.1 Å². The smallest absolute Gasteiger partial charge is 0.258 e. The Morgan fingerprint density at radius 1 is 1.33 bits per heavy atom. The minimum Gasteiger partial charge on any atom is -0.296 e. The van der Waals surface area contributed by atoms with Crippen LogP contribution >= 0.6 is 0 Å². The van der Waals surface area contributed by atoms with Crippen molar-refractivity contribution in [3.8, 4) is 0 Å². The van der Waals surface area contributed by atoms with Crippen LogP contribution in [0.3, 0.4) is 0 Å². The molecule has 128 valence electrons. The summed E-state index contributed by atoms with van der Waals surface area (Å²) in [4.78, 5) is 18.9. The number of benzene rings is 1. The van der Waals surface area contributed by atoms with Crippen LogP contribution in [0.4, 0.5) is 5.95 Å². The van der Waals surface area contributed by atoms with Crippen molar-refractivity contribution in [2.75, 3.05) is 11.9 Å². The first kappa shape index (κ1) is 16.6. The molecular formula is C18H25N5O. The van der Waals surface area contributed by atoms with E-state index in [2.05, 4.69) is 34.1 Å². The van der Waals surface area contributed by atoms with Crippen molar-refractivity contribution in [2.24, 2.45) is 0 Å². The van der Waals surface area contributed by atoms with Crippen LogP contribution in [0.15, 0.2) is 30.6 Å². The highest BCUT2D eigenvalue weighted by molar-refractivity contribution is 6.03. The van der Waals surface area contributed by atoms with E-state index in [4.69, 9.17) is 0 Å². The number of carbonyl (C=O) groups is 1. The highest BCUT2D eigenvalue weighted by Crippen LogP contribution is 2.19. The third kappa shape index (κ3) is 4.00. The van der Waals surface area contributed by atoms with Crippen molar-refractivity contribution < 1.29 is 4.79 Å². The zero-order valence-electron chi connectivity index (χ0n) is 14.4. The fraction of sp³-hybridized carbons (Fsp3) is 0.500. The number of aryl methyl sites for hydroxylation is 1. The summed E-state index contributed by atoms with van der Waals surface area (Å²) in [6, 6.07) is 8.45. The third-order valence-corrected chi connectivity index (χ3v) is 4.51. The number of likely N-dealkylation sites (tertiary alicyclic amines) is 1. The number of aromatic nitrogens is 3. The molecule has 24 heavy (non-hydrogen) atoms. The second-order valence-electron chi connectivity index (χ2n) is 6.44. The Bertz CT molecular complexity index is 679. The number of nitrogens with zero attached hydrogens (tertiary/aromatic N) is 4. The average Bonchev–Trinajstić information content (AvgIpc) is 3.18. The topological polar surface area (TPSA) is 63.1 Å². The Labute approximate surface area is 142 Å². The summed E-state index contributed by atoms with van der Waals surface area (Å²) in [6.45, 7) is 7.26. The van der Waals surface area contributed by atoms with E-state index >= 15 is 0 Å². The standard InChI is InChI=1S/C18H25N5O/c1-3-10-23-13-19-18(21-23)20-17(24)16-8-6-15(7-9-16)12-22-11-4-5-14(22)2/h6-9,13-14H,3-5,10-12H2,1-2H3,(H,20,21,24). The molecule has 6 nitrogen and oxygen atoms in total. The molecule has 0 bridgehead atoms. The molecule has 1 aliphatic heterocycles. The highest BCUT2D eigenvalue weighted by atomic mass is 16.1. The van der Waals surface area contributed by atoms with Crippen LogP contribution in [0.2, 0.25) is 0 Å². The lowest BCUT2D eigenvalue weighted by Gasteiger charge is -2.20. The van der Waals surface area contributed by atoms with E-state index in [1.807, 2.05) is 24.3 Å². The van der Waals surface area contributed by atoms with Crippen LogP contribution in [-0.4, -0.2) is 38.2 Å². The van der Waals surface area contributed by atoms with Gasteiger partial charge in [-0.05, 0) is 50.4 Å². The highest BCUT2D eigenvalue weighted by Gasteiger charge is 2.20. The van der Waals surface area contributed by atoms with Gasteiger partial charge in [-0.15, -0.1) is 5.10 Å². The first-order chi connectivity index (χ1) is 11.7. The van der Waals surface area contributed by atoms with Gasteiger partial charge in [0.25, 0.3) is 5.91 Å². The molecule has 0 aliphatic carbocycles. The van der Waals surface area contributed by atoms with E-state index in [9.17, 15) is 4.79 Å². The van der Waals surface area contributed by atoms with Crippen LogP contribution < -0.4 is 5.32 Å². The molecule has 1 aliphatic rings. The minimum atomic E-state index is -0.176. The van der Waals surface area contributed by atoms with Gasteiger partial charge in [0, 0.05) is 24.7 Å². The largest absolute Gasteiger partial charge is 0.296 e. The monoisotopic (exact) mass is 327 g/mol. The van der Waals surface area contributed by atoms with Crippen LogP contribution in [0.1, 0.15) is 49.0 Å². The van der Waals surface area contributed by atoms with Crippen molar-refractivity contribution >= 4 is 11.9 Å². The molecule has 1 aromatic carbocycles. The number of carbonyl (C=O) groups excluding carboxylic acids is 1. The van der Waals surface area contributed by atoms with E-state index < -0.39 is 0 Å². The number of nitrogens with one attached hydrogen (secondary N) is 1. The molecule has 1 amide bonds. The molecule has 1 aromatic heterocycles. The number of amides is 1. The maximum Gasteiger partial charge on any atom is 0.258 e. The normalized spacial score (nSPS) is 18.0. The Morgan fingerprint density at radius 3 is 2.79 bits per heavy atom. The zero-order chi connectivity index (χ0) is 16.9. The molecule has 6 heteroatoms. The first-order valence-corrected chi connectivity index (χ1v) is 8.69. The lowest BCUT2D eigenvalue weighted by atomic mass is 10.1. The molecule has 2 aromatic rings. The molecule has 1 atom stereocenters. The summed E-state index contributed by atoms with van der Waals surface area (Å²) in [5.74, 6) is 0.175. The molecule has 3 rings (SSSR count). The van der Waals surface area contributed by atoms with Gasteiger partial charge >= 0.3 is 0 Å². The number of hydrogen-bond acceptors (Lipinski definition) is 4. The Kier molecular flexibility index (Phi) is 5.25. The van der Waals surface area contributed by atoms with Gasteiger partial charge in [0.1, 0.15) is 6.33 Å². The van der Waals surface area contributed by atoms with E-state index in [0.29, 0.717) is 17.6 Å². The predicted molar refractivity (Wildman–Crippen MR) is 93.8 cm³/mol. The minimum absolute atomic E-state index is 0.176. The molecule has 0 radical (unpaired) electrons. The van der Waals surface area contributed by atoms with Crippen LogP contribution in [0.5, 0.6) is 0 Å². The van der Waals surface area contributed by atoms with Crippen molar-refractivity contribution in [1.29, 1.82) is 0 Å². The zero-order valence-corrected chi connectivity index (χ0v) is 14.4. The molecule has 1 saturated heterocycles. The van der Waals surface area contributed by atoms with Gasteiger partial charge in [-0.25, -0.2) is 4.98 Å². The van der Waals surface area contributed by atoms with Gasteiger partial charge in [0.05, 0.1) is 0 Å². The van der Waals surface area contributed by atoms with Crippen molar-refractivity contribution in [3.05, 3.63) is 41.7 Å². The second-order valence-corrected chi connectivity index (χ2v) is 6.44. The van der Waals surface area contributed by atoms with Gasteiger partial charge in [-0.1, -0.05) is 19.1 Å². The maximum atomic E-state index is 12.3. The Balaban J connectivity index is 1.58. The molecule has 0 saturated carbocycles. The van der Waals surface area contributed by atoms with Gasteiger partial charge in [0.2, 0.25) is 5.95 Å². The van der Waals surface area contributed by atoms with Crippen LogP contribution in [0.25, 0.3) is 0 Å². The predicted octanol–water partition coefficient (Wildman–Crippen LogP) is 2.92. The van der Waals surface area contributed by atoms with E-state index in [0.717, 1.165) is 26.1 Å². The van der Waals surface area contributed by atoms with Gasteiger partial charge in [0.15, 0.2) is 0 Å². The number of anilines is 1. The Morgan fingerprint density at radius 2 is 2.12 bits per heavy atom. The third-order valence-electron chi connectivity index (χ3n) is 4.51. The van der Waals surface area contributed by atoms with E-state index in [1.165, 1.54) is 18.4 Å². The summed E-state index contributed by atoms with van der Waals surface area (Å²) in [6.07, 6.45) is 5.17. The van der Waals surface area contributed by atoms with Crippen molar-refractivity contribution in [3.63, 3.8) is 0 Å². The van der Waals surface area contributed by atoms with E-state index in [-0.39, 0.29) is 5.91 Å². The van der Waals surface area contributed by atoms with Gasteiger partial charge in [-0.3, -0.25) is 19.7 Å². The summed E-state index contributed by atoms with van der Waals surface area (Å²) < 4.78 is 1.73. The average molecular weight is 327 g/mol. The second kappa shape index (κ2) is 7.57. The lowest BCUT2D eigenvalue weighted by Crippen LogP contribution is -2.26. The number of hydrogen-bond donors (Lipinski definition) is 1. The fourth-order valence-electron chi connectivity index (χ4n) is 3.09. The summed E-state index contributed by atoms with van der Waals surface area (Å²) in [7, 11) is 0. The van der Waals surface area contributed by atoms with Crippen LogP contribution in [0, 0.1) is 0 Å². The summed E-state index contributed by atoms with van der Waals surface area (Å²) >= 11 is 0. The molecule has 0 spiro atoms. The quantitative estimate of drug-likeness (QED) is 0.886. The summed E-state index contributed by atoms with van der Waals surface area (Å²) in [5.41, 5.74) is 1.87. The van der Waals surface area contributed by atoms with Crippen molar-refractivity contribution in [2.45, 2.75) is 52.2 Å².